The standard InChI is InChI=1S/C12H16N2O2/c15-12(16)8-11-9-13-6-7-14(11)10-4-2-1-3-5-10/h1-5,11,13H,6-9H2,(H,15,16)/t11-/m0/s1. The number of hydrogen-bond acceptors (Lipinski definition) is 3. The third-order valence-corrected chi connectivity index (χ3v) is 2.85. The second-order valence-electron chi connectivity index (χ2n) is 3.98. The molecule has 0 radical (unpaired) electrons. The van der Waals surface area contributed by atoms with Crippen molar-refractivity contribution in [1.82, 2.24) is 5.32 Å². The van der Waals surface area contributed by atoms with Gasteiger partial charge in [0.25, 0.3) is 0 Å². The fourth-order valence-corrected chi connectivity index (χ4v) is 2.10. The summed E-state index contributed by atoms with van der Waals surface area (Å²) in [6, 6.07) is 10.0. The van der Waals surface area contributed by atoms with Gasteiger partial charge in [0.1, 0.15) is 0 Å². The Balaban J connectivity index is 2.13. The lowest BCUT2D eigenvalue weighted by Gasteiger charge is -2.37. The highest BCUT2D eigenvalue weighted by Gasteiger charge is 2.24. The lowest BCUT2D eigenvalue weighted by molar-refractivity contribution is -0.137. The molecule has 86 valence electrons. The Morgan fingerprint density at radius 2 is 2.19 bits per heavy atom. The predicted octanol–water partition coefficient (Wildman–Crippen LogP) is 0.940. The Bertz CT molecular complexity index is 353. The topological polar surface area (TPSA) is 52.6 Å². The summed E-state index contributed by atoms with van der Waals surface area (Å²) in [5, 5.41) is 12.1. The van der Waals surface area contributed by atoms with Gasteiger partial charge >= 0.3 is 5.97 Å². The molecule has 2 N–H and O–H groups in total. The van der Waals surface area contributed by atoms with Crippen molar-refractivity contribution in [2.75, 3.05) is 24.5 Å². The molecule has 1 atom stereocenters. The number of carboxylic acids is 1. The summed E-state index contributed by atoms with van der Waals surface area (Å²) >= 11 is 0. The zero-order valence-electron chi connectivity index (χ0n) is 9.10. The minimum atomic E-state index is -0.741. The van der Waals surface area contributed by atoms with Crippen molar-refractivity contribution in [3.63, 3.8) is 0 Å². The average Bonchev–Trinajstić information content (AvgIpc) is 2.30. The molecule has 0 spiro atoms. The summed E-state index contributed by atoms with van der Waals surface area (Å²) in [4.78, 5) is 13.0. The summed E-state index contributed by atoms with van der Waals surface area (Å²) < 4.78 is 0. The fraction of sp³-hybridized carbons (Fsp3) is 0.417. The molecule has 2 rings (SSSR count). The second-order valence-corrected chi connectivity index (χ2v) is 3.98. The van der Waals surface area contributed by atoms with Gasteiger partial charge in [-0.1, -0.05) is 18.2 Å². The minimum absolute atomic E-state index is 0.0497. The Morgan fingerprint density at radius 1 is 1.44 bits per heavy atom. The maximum atomic E-state index is 10.8. The number of rotatable bonds is 3. The molecule has 1 saturated heterocycles. The highest BCUT2D eigenvalue weighted by Crippen LogP contribution is 2.19. The molecule has 0 aliphatic carbocycles. The van der Waals surface area contributed by atoms with Gasteiger partial charge in [-0.3, -0.25) is 4.79 Å². The van der Waals surface area contributed by atoms with Crippen LogP contribution in [0.25, 0.3) is 0 Å². The Kier molecular flexibility index (Phi) is 3.41. The van der Waals surface area contributed by atoms with Crippen molar-refractivity contribution in [2.45, 2.75) is 12.5 Å². The lowest BCUT2D eigenvalue weighted by atomic mass is 10.1. The molecule has 4 nitrogen and oxygen atoms in total. The first-order valence-electron chi connectivity index (χ1n) is 5.51. The van der Waals surface area contributed by atoms with E-state index in [4.69, 9.17) is 5.11 Å². The molecule has 0 bridgehead atoms. The average molecular weight is 220 g/mol. The summed E-state index contributed by atoms with van der Waals surface area (Å²) in [6.45, 7) is 2.51. The van der Waals surface area contributed by atoms with Crippen LogP contribution in [-0.4, -0.2) is 36.8 Å². The third kappa shape index (κ3) is 2.52. The van der Waals surface area contributed by atoms with Gasteiger partial charge in [0.05, 0.1) is 12.5 Å². The van der Waals surface area contributed by atoms with E-state index in [9.17, 15) is 4.79 Å². The Hall–Kier alpha value is -1.55. The number of carboxylic acid groups (broad SMARTS) is 1. The number of carbonyl (C=O) groups is 1. The monoisotopic (exact) mass is 220 g/mol. The molecule has 0 aromatic heterocycles. The van der Waals surface area contributed by atoms with E-state index in [2.05, 4.69) is 10.2 Å². The molecule has 0 saturated carbocycles. The van der Waals surface area contributed by atoms with Crippen LogP contribution in [0.2, 0.25) is 0 Å². The summed E-state index contributed by atoms with van der Waals surface area (Å²) in [7, 11) is 0. The van der Waals surface area contributed by atoms with Gasteiger partial charge in [-0.2, -0.15) is 0 Å². The molecule has 1 heterocycles. The van der Waals surface area contributed by atoms with Crippen molar-refractivity contribution in [1.29, 1.82) is 0 Å². The van der Waals surface area contributed by atoms with Gasteiger partial charge in [0.15, 0.2) is 0 Å². The van der Waals surface area contributed by atoms with Crippen LogP contribution in [0.4, 0.5) is 5.69 Å². The molecule has 0 unspecified atom stereocenters. The van der Waals surface area contributed by atoms with Crippen LogP contribution < -0.4 is 10.2 Å². The second kappa shape index (κ2) is 4.99. The predicted molar refractivity (Wildman–Crippen MR) is 62.7 cm³/mol. The van der Waals surface area contributed by atoms with E-state index in [-0.39, 0.29) is 12.5 Å². The molecule has 1 fully saturated rings. The normalized spacial score (nSPS) is 20.8. The van der Waals surface area contributed by atoms with E-state index in [0.717, 1.165) is 25.3 Å². The van der Waals surface area contributed by atoms with Gasteiger partial charge in [0, 0.05) is 25.3 Å². The molecular weight excluding hydrogens is 204 g/mol. The number of para-hydroxylation sites is 1. The zero-order chi connectivity index (χ0) is 11.4. The highest BCUT2D eigenvalue weighted by molar-refractivity contribution is 5.68. The van der Waals surface area contributed by atoms with E-state index in [1.54, 1.807) is 0 Å². The number of anilines is 1. The highest BCUT2D eigenvalue weighted by atomic mass is 16.4. The van der Waals surface area contributed by atoms with E-state index in [0.29, 0.717) is 0 Å². The molecule has 0 amide bonds. The van der Waals surface area contributed by atoms with Crippen LogP contribution in [0.1, 0.15) is 6.42 Å². The quantitative estimate of drug-likeness (QED) is 0.796. The summed E-state index contributed by atoms with van der Waals surface area (Å²) in [5.41, 5.74) is 1.11. The van der Waals surface area contributed by atoms with Crippen molar-refractivity contribution in [3.05, 3.63) is 30.3 Å². The number of piperazine rings is 1. The van der Waals surface area contributed by atoms with Crippen molar-refractivity contribution >= 4 is 11.7 Å². The number of nitrogens with zero attached hydrogens (tertiary/aromatic N) is 1. The van der Waals surface area contributed by atoms with Gasteiger partial charge in [0.2, 0.25) is 0 Å². The molecular formula is C12H16N2O2. The first-order valence-corrected chi connectivity index (χ1v) is 5.51. The van der Waals surface area contributed by atoms with Crippen molar-refractivity contribution in [3.8, 4) is 0 Å². The fourth-order valence-electron chi connectivity index (χ4n) is 2.10. The zero-order valence-corrected chi connectivity index (χ0v) is 9.10. The maximum Gasteiger partial charge on any atom is 0.305 e. The lowest BCUT2D eigenvalue weighted by Crippen LogP contribution is -2.52. The van der Waals surface area contributed by atoms with Crippen LogP contribution in [0, 0.1) is 0 Å². The summed E-state index contributed by atoms with van der Waals surface area (Å²) in [6.07, 6.45) is 0.182. The van der Waals surface area contributed by atoms with E-state index < -0.39 is 5.97 Å². The molecule has 1 aromatic carbocycles. The van der Waals surface area contributed by atoms with Crippen LogP contribution >= 0.6 is 0 Å². The minimum Gasteiger partial charge on any atom is -0.481 e. The van der Waals surface area contributed by atoms with Gasteiger partial charge < -0.3 is 15.3 Å². The van der Waals surface area contributed by atoms with E-state index >= 15 is 0 Å². The number of benzene rings is 1. The molecule has 16 heavy (non-hydrogen) atoms. The Morgan fingerprint density at radius 3 is 2.88 bits per heavy atom. The van der Waals surface area contributed by atoms with Crippen LogP contribution in [0.15, 0.2) is 30.3 Å². The third-order valence-electron chi connectivity index (χ3n) is 2.85. The number of nitrogens with one attached hydrogen (secondary N) is 1. The smallest absolute Gasteiger partial charge is 0.305 e. The molecule has 1 aliphatic rings. The van der Waals surface area contributed by atoms with Gasteiger partial charge in [-0.25, -0.2) is 0 Å². The van der Waals surface area contributed by atoms with Crippen LogP contribution in [-0.2, 0) is 4.79 Å². The molecule has 1 aromatic rings. The Labute approximate surface area is 94.9 Å². The van der Waals surface area contributed by atoms with E-state index in [1.165, 1.54) is 0 Å². The van der Waals surface area contributed by atoms with Gasteiger partial charge in [-0.05, 0) is 12.1 Å². The first-order chi connectivity index (χ1) is 7.77. The SMILES string of the molecule is O=C(O)C[C@H]1CNCCN1c1ccccc1. The molecule has 1 aliphatic heterocycles. The maximum absolute atomic E-state index is 10.8. The van der Waals surface area contributed by atoms with Crippen LogP contribution in [0.5, 0.6) is 0 Å². The van der Waals surface area contributed by atoms with E-state index in [1.807, 2.05) is 30.3 Å². The van der Waals surface area contributed by atoms with Crippen molar-refractivity contribution in [2.24, 2.45) is 0 Å². The first kappa shape index (κ1) is 11.0. The molecule has 4 heteroatoms. The largest absolute Gasteiger partial charge is 0.481 e. The summed E-state index contributed by atoms with van der Waals surface area (Å²) in [5.74, 6) is -0.741. The number of hydrogen-bond donors (Lipinski definition) is 2. The van der Waals surface area contributed by atoms with Crippen LogP contribution in [0.3, 0.4) is 0 Å². The van der Waals surface area contributed by atoms with Crippen molar-refractivity contribution < 1.29 is 9.90 Å². The number of aliphatic carboxylic acids is 1. The van der Waals surface area contributed by atoms with Gasteiger partial charge in [-0.15, -0.1) is 0 Å².